The number of methoxy groups -OCH3 is 1. The summed E-state index contributed by atoms with van der Waals surface area (Å²) in [6.45, 7) is 9.38. The molecular weight excluding hydrogens is 288 g/mol. The molecule has 0 radical (unpaired) electrons. The quantitative estimate of drug-likeness (QED) is 0.332. The van der Waals surface area contributed by atoms with Crippen molar-refractivity contribution < 1.29 is 9.94 Å². The van der Waals surface area contributed by atoms with Crippen molar-refractivity contribution >= 4 is 17.2 Å². The highest BCUT2D eigenvalue weighted by Crippen LogP contribution is 2.24. The third kappa shape index (κ3) is 6.41. The van der Waals surface area contributed by atoms with E-state index in [4.69, 9.17) is 20.7 Å². The molecule has 1 heterocycles. The highest BCUT2D eigenvalue weighted by atomic mass is 32.1. The van der Waals surface area contributed by atoms with Gasteiger partial charge in [-0.1, -0.05) is 25.9 Å². The SMILES string of the molecule is COCCN(CCC(N)=NO)Cc1nc(C(C)(C)C)cs1. The number of oxime groups is 1. The van der Waals surface area contributed by atoms with Gasteiger partial charge in [0.2, 0.25) is 0 Å². The van der Waals surface area contributed by atoms with Gasteiger partial charge in [0, 0.05) is 37.4 Å². The molecule has 6 nitrogen and oxygen atoms in total. The Bertz CT molecular complexity index is 454. The molecule has 0 saturated heterocycles. The van der Waals surface area contributed by atoms with Gasteiger partial charge in [-0.2, -0.15) is 0 Å². The fourth-order valence-corrected chi connectivity index (χ4v) is 2.79. The summed E-state index contributed by atoms with van der Waals surface area (Å²) in [5, 5.41) is 14.8. The van der Waals surface area contributed by atoms with E-state index in [1.54, 1.807) is 18.4 Å². The van der Waals surface area contributed by atoms with Crippen molar-refractivity contribution in [2.24, 2.45) is 10.9 Å². The van der Waals surface area contributed by atoms with Gasteiger partial charge in [0.25, 0.3) is 0 Å². The average molecular weight is 314 g/mol. The van der Waals surface area contributed by atoms with Gasteiger partial charge >= 0.3 is 0 Å². The van der Waals surface area contributed by atoms with Crippen LogP contribution in [-0.2, 0) is 16.7 Å². The van der Waals surface area contributed by atoms with Gasteiger partial charge in [0.15, 0.2) is 0 Å². The number of hydrogen-bond donors (Lipinski definition) is 2. The van der Waals surface area contributed by atoms with Crippen molar-refractivity contribution in [1.29, 1.82) is 0 Å². The molecule has 0 saturated carbocycles. The summed E-state index contributed by atoms with van der Waals surface area (Å²) in [7, 11) is 1.68. The molecule has 0 atom stereocenters. The minimum Gasteiger partial charge on any atom is -0.409 e. The standard InChI is InChI=1S/C14H26N4O2S/c1-14(2,3)11-10-21-13(16-11)9-18(7-8-20-4)6-5-12(15)17-19/h10,19H,5-9H2,1-4H3,(H2,15,17). The Morgan fingerprint density at radius 2 is 2.19 bits per heavy atom. The Morgan fingerprint density at radius 3 is 2.71 bits per heavy atom. The van der Waals surface area contributed by atoms with Crippen molar-refractivity contribution in [2.75, 3.05) is 26.8 Å². The molecule has 0 unspecified atom stereocenters. The molecule has 0 spiro atoms. The van der Waals surface area contributed by atoms with E-state index in [2.05, 4.69) is 36.2 Å². The second-order valence-corrected chi connectivity index (χ2v) is 6.93. The zero-order valence-corrected chi connectivity index (χ0v) is 14.1. The maximum atomic E-state index is 8.62. The van der Waals surface area contributed by atoms with Crippen molar-refractivity contribution in [3.05, 3.63) is 16.1 Å². The Kier molecular flexibility index (Phi) is 7.07. The Morgan fingerprint density at radius 1 is 1.48 bits per heavy atom. The van der Waals surface area contributed by atoms with E-state index >= 15 is 0 Å². The normalized spacial score (nSPS) is 13.1. The minimum absolute atomic E-state index is 0.0695. The van der Waals surface area contributed by atoms with Crippen LogP contribution in [0.4, 0.5) is 0 Å². The van der Waals surface area contributed by atoms with Crippen LogP contribution in [0.15, 0.2) is 10.5 Å². The molecule has 21 heavy (non-hydrogen) atoms. The van der Waals surface area contributed by atoms with Crippen LogP contribution >= 0.6 is 11.3 Å². The molecular formula is C14H26N4O2S. The van der Waals surface area contributed by atoms with Gasteiger partial charge in [0.05, 0.1) is 18.8 Å². The van der Waals surface area contributed by atoms with E-state index in [1.807, 2.05) is 0 Å². The number of ether oxygens (including phenoxy) is 1. The fourth-order valence-electron chi connectivity index (χ4n) is 1.73. The van der Waals surface area contributed by atoms with Gasteiger partial charge in [0.1, 0.15) is 10.8 Å². The van der Waals surface area contributed by atoms with E-state index < -0.39 is 0 Å². The first-order valence-electron chi connectivity index (χ1n) is 6.99. The maximum Gasteiger partial charge on any atom is 0.140 e. The number of rotatable bonds is 8. The molecule has 1 aromatic rings. The molecule has 0 aliphatic carbocycles. The molecule has 0 aliphatic heterocycles. The molecule has 120 valence electrons. The van der Waals surface area contributed by atoms with E-state index in [0.29, 0.717) is 19.6 Å². The number of nitrogens with two attached hydrogens (primary N) is 1. The largest absolute Gasteiger partial charge is 0.409 e. The van der Waals surface area contributed by atoms with Gasteiger partial charge in [-0.15, -0.1) is 11.3 Å². The lowest BCUT2D eigenvalue weighted by molar-refractivity contribution is 0.145. The first kappa shape index (κ1) is 17.9. The molecule has 3 N–H and O–H groups in total. The molecule has 0 aromatic carbocycles. The van der Waals surface area contributed by atoms with Crippen molar-refractivity contribution in [2.45, 2.75) is 39.2 Å². The summed E-state index contributed by atoms with van der Waals surface area (Å²) >= 11 is 1.67. The van der Waals surface area contributed by atoms with Gasteiger partial charge in [-0.05, 0) is 0 Å². The second kappa shape index (κ2) is 8.31. The Labute approximate surface area is 130 Å². The minimum atomic E-state index is 0.0695. The molecule has 1 rings (SSSR count). The monoisotopic (exact) mass is 314 g/mol. The number of hydrogen-bond acceptors (Lipinski definition) is 6. The molecule has 0 fully saturated rings. The maximum absolute atomic E-state index is 8.62. The molecule has 1 aromatic heterocycles. The Hall–Kier alpha value is -1.18. The second-order valence-electron chi connectivity index (χ2n) is 5.99. The fraction of sp³-hybridized carbons (Fsp3) is 0.714. The van der Waals surface area contributed by atoms with Crippen LogP contribution in [0.1, 0.15) is 37.9 Å². The number of thiazole rings is 1. The smallest absolute Gasteiger partial charge is 0.140 e. The molecule has 0 aliphatic rings. The van der Waals surface area contributed by atoms with Gasteiger partial charge in [-0.25, -0.2) is 4.98 Å². The van der Waals surface area contributed by atoms with Crippen LogP contribution in [0.3, 0.4) is 0 Å². The summed E-state index contributed by atoms with van der Waals surface area (Å²) in [5.74, 6) is 0.243. The third-order valence-corrected chi connectivity index (χ3v) is 3.94. The summed E-state index contributed by atoms with van der Waals surface area (Å²) in [5.41, 5.74) is 6.72. The van der Waals surface area contributed by atoms with Crippen LogP contribution in [0.2, 0.25) is 0 Å². The first-order chi connectivity index (χ1) is 9.86. The lowest BCUT2D eigenvalue weighted by atomic mass is 9.93. The number of nitrogens with zero attached hydrogens (tertiary/aromatic N) is 3. The third-order valence-electron chi connectivity index (χ3n) is 3.10. The van der Waals surface area contributed by atoms with Crippen LogP contribution in [-0.4, -0.2) is 47.7 Å². The van der Waals surface area contributed by atoms with E-state index in [-0.39, 0.29) is 11.3 Å². The van der Waals surface area contributed by atoms with Crippen LogP contribution in [0, 0.1) is 0 Å². The Balaban J connectivity index is 2.64. The lowest BCUT2D eigenvalue weighted by Crippen LogP contribution is -2.31. The zero-order chi connectivity index (χ0) is 15.9. The van der Waals surface area contributed by atoms with Crippen LogP contribution < -0.4 is 5.73 Å². The van der Waals surface area contributed by atoms with E-state index in [1.165, 1.54) is 0 Å². The first-order valence-corrected chi connectivity index (χ1v) is 7.87. The predicted molar refractivity (Wildman–Crippen MR) is 86.0 cm³/mol. The van der Waals surface area contributed by atoms with Gasteiger partial charge in [-0.3, -0.25) is 4.90 Å². The van der Waals surface area contributed by atoms with Crippen molar-refractivity contribution in [3.63, 3.8) is 0 Å². The average Bonchev–Trinajstić information content (AvgIpc) is 2.89. The predicted octanol–water partition coefficient (Wildman–Crippen LogP) is 2.03. The summed E-state index contributed by atoms with van der Waals surface area (Å²) in [4.78, 5) is 6.90. The summed E-state index contributed by atoms with van der Waals surface area (Å²) < 4.78 is 5.13. The van der Waals surface area contributed by atoms with Crippen molar-refractivity contribution in [3.8, 4) is 0 Å². The highest BCUT2D eigenvalue weighted by Gasteiger charge is 2.18. The van der Waals surface area contributed by atoms with Crippen LogP contribution in [0.25, 0.3) is 0 Å². The molecule has 0 bridgehead atoms. The van der Waals surface area contributed by atoms with E-state index in [9.17, 15) is 0 Å². The van der Waals surface area contributed by atoms with Crippen molar-refractivity contribution in [1.82, 2.24) is 9.88 Å². The summed E-state index contributed by atoms with van der Waals surface area (Å²) in [6, 6.07) is 0. The molecule has 0 amide bonds. The highest BCUT2D eigenvalue weighted by molar-refractivity contribution is 7.09. The lowest BCUT2D eigenvalue weighted by Gasteiger charge is -2.20. The number of aromatic nitrogens is 1. The van der Waals surface area contributed by atoms with E-state index in [0.717, 1.165) is 23.8 Å². The van der Waals surface area contributed by atoms with Gasteiger partial charge < -0.3 is 15.7 Å². The van der Waals surface area contributed by atoms with Crippen LogP contribution in [0.5, 0.6) is 0 Å². The zero-order valence-electron chi connectivity index (χ0n) is 13.3. The summed E-state index contributed by atoms with van der Waals surface area (Å²) in [6.07, 6.45) is 0.526. The molecule has 7 heteroatoms. The number of amidine groups is 1. The topological polar surface area (TPSA) is 84.0 Å².